The molecule has 13 heteroatoms. The van der Waals surface area contributed by atoms with Gasteiger partial charge in [-0.15, -0.1) is 23.5 Å². The molecule has 12 atom stereocenters. The van der Waals surface area contributed by atoms with Crippen LogP contribution in [0.25, 0.3) is 0 Å². The van der Waals surface area contributed by atoms with Gasteiger partial charge in [0, 0.05) is 42.4 Å². The number of hydrogen-bond acceptors (Lipinski definition) is 12. The molecule has 0 aromatic heterocycles. The zero-order valence-corrected chi connectivity index (χ0v) is 47.5. The van der Waals surface area contributed by atoms with Crippen molar-refractivity contribution in [2.24, 2.45) is 0 Å². The second kappa shape index (κ2) is 22.0. The van der Waals surface area contributed by atoms with E-state index < -0.39 is 49.3 Å². The molecule has 0 radical (unpaired) electrons. The molecule has 0 aliphatic carbocycles. The molecular formula is C58H86O10S2Si. The Morgan fingerprint density at radius 1 is 0.634 bits per heavy atom. The summed E-state index contributed by atoms with van der Waals surface area (Å²) in [5.41, 5.74) is 0.0452. The molecule has 3 aromatic rings. The van der Waals surface area contributed by atoms with E-state index in [-0.39, 0.29) is 44.7 Å². The Labute approximate surface area is 436 Å². The Hall–Kier alpha value is -1.82. The van der Waals surface area contributed by atoms with E-state index in [4.69, 9.17) is 42.0 Å². The molecule has 5 saturated heterocycles. The summed E-state index contributed by atoms with van der Waals surface area (Å²) in [5.74, 6) is 1.82. The predicted octanol–water partition coefficient (Wildman–Crippen LogP) is 12.4. The van der Waals surface area contributed by atoms with Crippen molar-refractivity contribution >= 4 is 32.1 Å². The summed E-state index contributed by atoms with van der Waals surface area (Å²) in [5, 5.41) is 12.0. The van der Waals surface area contributed by atoms with Gasteiger partial charge in [-0.1, -0.05) is 146 Å². The van der Waals surface area contributed by atoms with E-state index >= 15 is 0 Å². The number of hydrogen-bond donors (Lipinski definition) is 1. The number of fused-ring (bicyclic) bond motifs is 3. The van der Waals surface area contributed by atoms with Crippen LogP contribution < -0.4 is 0 Å². The molecule has 394 valence electrons. The van der Waals surface area contributed by atoms with Gasteiger partial charge < -0.3 is 47.1 Å². The summed E-state index contributed by atoms with van der Waals surface area (Å²) in [7, 11) is -2.75. The van der Waals surface area contributed by atoms with Crippen LogP contribution in [-0.2, 0) is 61.8 Å². The van der Waals surface area contributed by atoms with Crippen molar-refractivity contribution in [3.63, 3.8) is 0 Å². The lowest BCUT2D eigenvalue weighted by atomic mass is 9.72. The Morgan fingerprint density at radius 3 is 1.72 bits per heavy atom. The first kappa shape index (κ1) is 55.4. The maximum atomic E-state index is 12.3. The smallest absolute Gasteiger partial charge is 0.349 e. The Kier molecular flexibility index (Phi) is 17.2. The van der Waals surface area contributed by atoms with Crippen LogP contribution in [0.5, 0.6) is 0 Å². The van der Waals surface area contributed by atoms with Gasteiger partial charge in [-0.2, -0.15) is 0 Å². The maximum absolute atomic E-state index is 12.3. The van der Waals surface area contributed by atoms with Gasteiger partial charge in [0.25, 0.3) is 0 Å². The van der Waals surface area contributed by atoms with Crippen LogP contribution in [0.4, 0.5) is 0 Å². The Morgan fingerprint density at radius 2 is 1.17 bits per heavy atom. The SMILES string of the molecule is CCSC1(SCC)C[C@H]2O[C@@](C)(CCOCc3ccccc3)[C@H](OCc3ccccc3)[C@H](OCc3ccccc3)[C@]2(C)O[C@@H]1CC[C@]1(C)O[C@@H]2C[C@@H]3O[Si](C(C)(C)C)(C(C)(C)C)OC[C@H]3O[C@@]2(C)C[C@H]1O. The average Bonchev–Trinajstić information content (AvgIpc) is 3.32. The minimum Gasteiger partial charge on any atom is -0.391 e. The molecule has 5 aliphatic rings. The van der Waals surface area contributed by atoms with Gasteiger partial charge in [0.15, 0.2) is 0 Å². The molecule has 10 nitrogen and oxygen atoms in total. The average molecular weight is 1040 g/mol. The molecule has 0 saturated carbocycles. The van der Waals surface area contributed by atoms with Crippen LogP contribution in [0.2, 0.25) is 10.1 Å². The highest BCUT2D eigenvalue weighted by Crippen LogP contribution is 2.60. The third kappa shape index (κ3) is 11.5. The first-order valence-corrected chi connectivity index (χ1v) is 30.3. The monoisotopic (exact) mass is 1030 g/mol. The highest BCUT2D eigenvalue weighted by atomic mass is 32.2. The Bertz CT molecular complexity index is 2140. The van der Waals surface area contributed by atoms with E-state index in [0.29, 0.717) is 65.1 Å². The van der Waals surface area contributed by atoms with Crippen molar-refractivity contribution in [3.05, 3.63) is 108 Å². The highest BCUT2D eigenvalue weighted by Gasteiger charge is 2.68. The fourth-order valence-corrected chi connectivity index (χ4v) is 20.8. The van der Waals surface area contributed by atoms with Crippen LogP contribution in [0.15, 0.2) is 91.0 Å². The maximum Gasteiger partial charge on any atom is 0.349 e. The van der Waals surface area contributed by atoms with Crippen LogP contribution in [-0.4, -0.2) is 114 Å². The second-order valence-electron chi connectivity index (χ2n) is 23.8. The molecule has 1 N–H and O–H groups in total. The summed E-state index contributed by atoms with van der Waals surface area (Å²) >= 11 is 3.92. The predicted molar refractivity (Wildman–Crippen MR) is 288 cm³/mol. The van der Waals surface area contributed by atoms with E-state index in [1.54, 1.807) is 0 Å². The van der Waals surface area contributed by atoms with Crippen molar-refractivity contribution in [2.45, 2.75) is 227 Å². The fourth-order valence-electron chi connectivity index (χ4n) is 12.6. The van der Waals surface area contributed by atoms with Crippen LogP contribution in [0.1, 0.15) is 138 Å². The van der Waals surface area contributed by atoms with Crippen molar-refractivity contribution in [2.75, 3.05) is 24.7 Å². The number of aliphatic hydroxyl groups is 1. The molecule has 0 unspecified atom stereocenters. The lowest BCUT2D eigenvalue weighted by Gasteiger charge is -2.63. The summed E-state index contributed by atoms with van der Waals surface area (Å²) < 4.78 is 64.2. The molecule has 5 fully saturated rings. The van der Waals surface area contributed by atoms with E-state index in [9.17, 15) is 5.11 Å². The van der Waals surface area contributed by atoms with Gasteiger partial charge in [0.2, 0.25) is 0 Å². The fraction of sp³-hybridized carbons (Fsp3) is 0.690. The molecular weight excluding hydrogens is 949 g/mol. The molecule has 0 amide bonds. The quantitative estimate of drug-likeness (QED) is 0.0745. The zero-order chi connectivity index (χ0) is 50.9. The van der Waals surface area contributed by atoms with Crippen molar-refractivity contribution in [1.29, 1.82) is 0 Å². The van der Waals surface area contributed by atoms with E-state index in [1.165, 1.54) is 0 Å². The lowest BCUT2D eigenvalue weighted by Crippen LogP contribution is -2.75. The van der Waals surface area contributed by atoms with E-state index in [1.807, 2.05) is 53.9 Å². The number of aliphatic hydroxyl groups excluding tert-OH is 1. The molecule has 0 bridgehead atoms. The molecule has 5 heterocycles. The second-order valence-corrected chi connectivity index (χ2v) is 32.0. The van der Waals surface area contributed by atoms with E-state index in [0.717, 1.165) is 34.6 Å². The molecule has 8 rings (SSSR count). The standard InChI is InChI=1S/C58H86O10S2Si/c1-13-69-58(70-14-2)36-49-57(12,67-47(58)30-31-54(9)46(59)35-56(11)48(65-54)34-44-45(64-56)40-63-71(68-44,52(3,4)5)53(6,7)8)51(62-39-43-28-22-17-23-29-43)50(61-38-42-26-20-16-21-27-42)55(10,66-49)32-33-60-37-41-24-18-15-19-25-41/h15-29,44-51,59H,13-14,30-40H2,1-12H3/t44-,45+,46+,47+,48+,49+,50+,51-,54-,55-,56-,57+/m0/s1. The van der Waals surface area contributed by atoms with Gasteiger partial charge in [-0.3, -0.25) is 0 Å². The molecule has 3 aromatic carbocycles. The van der Waals surface area contributed by atoms with Gasteiger partial charge >= 0.3 is 8.56 Å². The summed E-state index contributed by atoms with van der Waals surface area (Å²) in [4.78, 5) is 0. The number of rotatable bonds is 18. The zero-order valence-electron chi connectivity index (χ0n) is 44.9. The van der Waals surface area contributed by atoms with Gasteiger partial charge in [0.1, 0.15) is 23.9 Å². The first-order valence-electron chi connectivity index (χ1n) is 26.5. The minimum atomic E-state index is -2.75. The molecule has 5 aliphatic heterocycles. The first-order chi connectivity index (χ1) is 33.6. The van der Waals surface area contributed by atoms with Gasteiger partial charge in [-0.05, 0) is 68.7 Å². The topological polar surface area (TPSA) is 103 Å². The minimum absolute atomic E-state index is 0.150. The van der Waals surface area contributed by atoms with E-state index in [2.05, 4.69) is 144 Å². The number of benzene rings is 3. The molecule has 0 spiro atoms. The lowest BCUT2D eigenvalue weighted by molar-refractivity contribution is -0.353. The largest absolute Gasteiger partial charge is 0.391 e. The van der Waals surface area contributed by atoms with Crippen LogP contribution in [0, 0.1) is 0 Å². The third-order valence-corrected chi connectivity index (χ3v) is 24.6. The Balaban J connectivity index is 1.09. The number of ether oxygens (including phenoxy) is 7. The third-order valence-electron chi connectivity index (χ3n) is 16.3. The van der Waals surface area contributed by atoms with Crippen molar-refractivity contribution < 1.29 is 47.1 Å². The summed E-state index contributed by atoms with van der Waals surface area (Å²) in [6, 6.07) is 31.0. The summed E-state index contributed by atoms with van der Waals surface area (Å²) in [6.07, 6.45) is 0.730. The highest BCUT2D eigenvalue weighted by molar-refractivity contribution is 8.18. The van der Waals surface area contributed by atoms with Gasteiger partial charge in [-0.25, -0.2) is 0 Å². The van der Waals surface area contributed by atoms with Crippen LogP contribution >= 0.6 is 23.5 Å². The van der Waals surface area contributed by atoms with Crippen molar-refractivity contribution in [1.82, 2.24) is 0 Å². The number of thioether (sulfide) groups is 2. The summed E-state index contributed by atoms with van der Waals surface area (Å²) in [6.45, 7) is 28.9. The van der Waals surface area contributed by atoms with Gasteiger partial charge in [0.05, 0.1) is 77.8 Å². The normalized spacial score (nSPS) is 35.8. The van der Waals surface area contributed by atoms with Crippen LogP contribution in [0.3, 0.4) is 0 Å². The molecule has 71 heavy (non-hydrogen) atoms. The van der Waals surface area contributed by atoms with Crippen molar-refractivity contribution in [3.8, 4) is 0 Å².